The molecule has 0 aliphatic carbocycles. The third-order valence-electron chi connectivity index (χ3n) is 6.02. The van der Waals surface area contributed by atoms with Crippen molar-refractivity contribution in [3.05, 3.63) is 41.2 Å². The van der Waals surface area contributed by atoms with Gasteiger partial charge in [-0.15, -0.1) is 0 Å². The number of halogens is 3. The lowest BCUT2D eigenvalue weighted by atomic mass is 10.0. The lowest BCUT2D eigenvalue weighted by Gasteiger charge is -2.40. The molecule has 178 valence electrons. The fraction of sp³-hybridized carbons (Fsp3) is 0.476. The second-order valence-corrected chi connectivity index (χ2v) is 8.79. The Morgan fingerprint density at radius 2 is 1.94 bits per heavy atom. The van der Waals surface area contributed by atoms with Crippen molar-refractivity contribution in [2.75, 3.05) is 35.6 Å². The average Bonchev–Trinajstić information content (AvgIpc) is 2.87. The van der Waals surface area contributed by atoms with Crippen molar-refractivity contribution in [2.24, 2.45) is 0 Å². The first-order chi connectivity index (χ1) is 15.7. The number of amides is 1. The number of nitrogens with one attached hydrogen (secondary N) is 1. The molecule has 0 saturated carbocycles. The van der Waals surface area contributed by atoms with Crippen LogP contribution < -0.4 is 16.0 Å². The van der Waals surface area contributed by atoms with E-state index in [1.54, 1.807) is 4.90 Å². The van der Waals surface area contributed by atoms with Crippen LogP contribution in [0.5, 0.6) is 0 Å². The number of nitrogen functional groups attached to an aromatic ring is 1. The van der Waals surface area contributed by atoms with E-state index in [0.717, 1.165) is 6.07 Å². The second-order valence-electron chi connectivity index (χ2n) is 8.35. The minimum Gasteiger partial charge on any atom is -0.390 e. The Bertz CT molecular complexity index is 1010. The van der Waals surface area contributed by atoms with E-state index in [0.29, 0.717) is 19.4 Å². The van der Waals surface area contributed by atoms with E-state index in [1.807, 2.05) is 0 Å². The van der Waals surface area contributed by atoms with Gasteiger partial charge in [0.15, 0.2) is 11.6 Å². The number of carbonyl (C=O) groups is 1. The minimum absolute atomic E-state index is 0.0548. The van der Waals surface area contributed by atoms with E-state index in [9.17, 15) is 23.8 Å². The second kappa shape index (κ2) is 9.62. The van der Waals surface area contributed by atoms with E-state index >= 15 is 0 Å². The SMILES string of the molecule is Nc1ncnc(N2CCCC(N3CC(O)C(O)C[C@@H](Nc4cc(F)cc(Cl)c4)C3=O)C2)c1F. The van der Waals surface area contributed by atoms with Crippen molar-refractivity contribution >= 4 is 34.8 Å². The topological polar surface area (TPSA) is 128 Å². The number of nitrogens with zero attached hydrogens (tertiary/aromatic N) is 4. The minimum atomic E-state index is -1.17. The number of aliphatic hydroxyl groups is 2. The lowest BCUT2D eigenvalue weighted by Crippen LogP contribution is -2.54. The van der Waals surface area contributed by atoms with Gasteiger partial charge in [-0.05, 0) is 31.0 Å². The van der Waals surface area contributed by atoms with Crippen molar-refractivity contribution in [3.63, 3.8) is 0 Å². The highest BCUT2D eigenvalue weighted by molar-refractivity contribution is 6.30. The van der Waals surface area contributed by atoms with Crippen LogP contribution in [0.2, 0.25) is 5.02 Å². The molecule has 12 heteroatoms. The molecule has 2 aromatic rings. The Kier molecular flexibility index (Phi) is 6.82. The summed E-state index contributed by atoms with van der Waals surface area (Å²) in [5, 5.41) is 23.9. The van der Waals surface area contributed by atoms with Crippen LogP contribution in [-0.2, 0) is 4.79 Å². The van der Waals surface area contributed by atoms with Crippen LogP contribution in [-0.4, -0.2) is 74.9 Å². The predicted octanol–water partition coefficient (Wildman–Crippen LogP) is 1.39. The van der Waals surface area contributed by atoms with E-state index in [4.69, 9.17) is 17.3 Å². The monoisotopic (exact) mass is 482 g/mol. The number of hydrogen-bond donors (Lipinski definition) is 4. The molecule has 0 radical (unpaired) electrons. The van der Waals surface area contributed by atoms with Crippen LogP contribution in [0.4, 0.5) is 26.1 Å². The third-order valence-corrected chi connectivity index (χ3v) is 6.24. The molecule has 2 aliphatic rings. The van der Waals surface area contributed by atoms with Crippen molar-refractivity contribution in [3.8, 4) is 0 Å². The van der Waals surface area contributed by atoms with Crippen LogP contribution in [0, 0.1) is 11.6 Å². The molecule has 1 amide bonds. The number of likely N-dealkylation sites (tertiary alicyclic amines) is 1. The summed E-state index contributed by atoms with van der Waals surface area (Å²) in [7, 11) is 0. The fourth-order valence-electron chi connectivity index (χ4n) is 4.40. The Morgan fingerprint density at radius 3 is 2.70 bits per heavy atom. The summed E-state index contributed by atoms with van der Waals surface area (Å²) in [5.74, 6) is -1.86. The molecule has 2 fully saturated rings. The summed E-state index contributed by atoms with van der Waals surface area (Å²) in [6.07, 6.45) is 0.0363. The van der Waals surface area contributed by atoms with Gasteiger partial charge in [-0.1, -0.05) is 11.6 Å². The zero-order valence-corrected chi connectivity index (χ0v) is 18.4. The zero-order chi connectivity index (χ0) is 23.7. The molecule has 33 heavy (non-hydrogen) atoms. The molecule has 5 N–H and O–H groups in total. The van der Waals surface area contributed by atoms with E-state index in [-0.39, 0.29) is 53.8 Å². The molecular formula is C21H25ClF2N6O3. The van der Waals surface area contributed by atoms with Crippen molar-refractivity contribution in [1.29, 1.82) is 0 Å². The van der Waals surface area contributed by atoms with Gasteiger partial charge in [0.1, 0.15) is 18.2 Å². The van der Waals surface area contributed by atoms with E-state index in [2.05, 4.69) is 15.3 Å². The van der Waals surface area contributed by atoms with Crippen LogP contribution in [0.3, 0.4) is 0 Å². The summed E-state index contributed by atoms with van der Waals surface area (Å²) in [6, 6.07) is 2.52. The highest BCUT2D eigenvalue weighted by Gasteiger charge is 2.40. The Balaban J connectivity index is 1.57. The maximum atomic E-state index is 14.5. The van der Waals surface area contributed by atoms with Crippen LogP contribution >= 0.6 is 11.6 Å². The van der Waals surface area contributed by atoms with E-state index in [1.165, 1.54) is 23.4 Å². The Hall–Kier alpha value is -2.76. The number of hydrogen-bond acceptors (Lipinski definition) is 8. The number of nitrogens with two attached hydrogens (primary N) is 1. The summed E-state index contributed by atoms with van der Waals surface area (Å²) in [5.41, 5.74) is 5.85. The number of aromatic nitrogens is 2. The summed E-state index contributed by atoms with van der Waals surface area (Å²) < 4.78 is 28.2. The molecule has 2 aliphatic heterocycles. The molecule has 1 aromatic carbocycles. The third kappa shape index (κ3) is 5.10. The largest absolute Gasteiger partial charge is 0.390 e. The van der Waals surface area contributed by atoms with Crippen molar-refractivity contribution < 1.29 is 23.8 Å². The van der Waals surface area contributed by atoms with E-state index < -0.39 is 29.9 Å². The number of benzene rings is 1. The van der Waals surface area contributed by atoms with Gasteiger partial charge in [0, 0.05) is 42.8 Å². The number of aliphatic hydroxyl groups excluding tert-OH is 2. The van der Waals surface area contributed by atoms with Gasteiger partial charge in [-0.3, -0.25) is 4.79 Å². The molecule has 4 rings (SSSR count). The predicted molar refractivity (Wildman–Crippen MR) is 119 cm³/mol. The van der Waals surface area contributed by atoms with Crippen molar-refractivity contribution in [2.45, 2.75) is 43.6 Å². The molecule has 3 unspecified atom stereocenters. The maximum Gasteiger partial charge on any atom is 0.245 e. The molecule has 2 saturated heterocycles. The zero-order valence-electron chi connectivity index (χ0n) is 17.7. The molecule has 4 atom stereocenters. The number of β-amino-alcohol motifs (C(OH)–C–C–N with tert-alkyl or cyclic N) is 1. The van der Waals surface area contributed by atoms with Crippen LogP contribution in [0.25, 0.3) is 0 Å². The number of rotatable bonds is 4. The Morgan fingerprint density at radius 1 is 1.15 bits per heavy atom. The molecule has 0 bridgehead atoms. The highest BCUT2D eigenvalue weighted by Crippen LogP contribution is 2.28. The van der Waals surface area contributed by atoms with Gasteiger partial charge in [-0.25, -0.2) is 14.4 Å². The fourth-order valence-corrected chi connectivity index (χ4v) is 4.62. The lowest BCUT2D eigenvalue weighted by molar-refractivity contribution is -0.135. The number of carbonyl (C=O) groups excluding carboxylic acids is 1. The van der Waals surface area contributed by atoms with Crippen LogP contribution in [0.1, 0.15) is 19.3 Å². The quantitative estimate of drug-likeness (QED) is 0.515. The van der Waals surface area contributed by atoms with Crippen molar-refractivity contribution in [1.82, 2.24) is 14.9 Å². The molecule has 0 spiro atoms. The summed E-state index contributed by atoms with van der Waals surface area (Å²) >= 11 is 5.92. The van der Waals surface area contributed by atoms with Gasteiger partial charge in [0.25, 0.3) is 0 Å². The first-order valence-electron chi connectivity index (χ1n) is 10.6. The Labute approximate surface area is 194 Å². The normalized spacial score (nSPS) is 26.3. The molecular weight excluding hydrogens is 458 g/mol. The molecule has 1 aromatic heterocycles. The molecule has 3 heterocycles. The van der Waals surface area contributed by atoms with Crippen LogP contribution in [0.15, 0.2) is 24.5 Å². The standard InChI is InChI=1S/C21H25ClF2N6O3/c22-11-4-12(23)6-13(5-11)28-15-7-16(31)17(32)9-30(21(15)33)14-2-1-3-29(8-14)20-18(24)19(25)26-10-27-20/h4-6,10,14-17,28,31-32H,1-3,7-9H2,(H2,25,26,27)/t14?,15-,16?,17?/m1/s1. The highest BCUT2D eigenvalue weighted by atomic mass is 35.5. The summed E-state index contributed by atoms with van der Waals surface area (Å²) in [6.45, 7) is 0.690. The van der Waals surface area contributed by atoms with Gasteiger partial charge in [0.2, 0.25) is 11.7 Å². The summed E-state index contributed by atoms with van der Waals surface area (Å²) in [4.78, 5) is 24.3. The van der Waals surface area contributed by atoms with Gasteiger partial charge >= 0.3 is 0 Å². The van der Waals surface area contributed by atoms with Gasteiger partial charge < -0.3 is 31.1 Å². The smallest absolute Gasteiger partial charge is 0.245 e. The first-order valence-corrected chi connectivity index (χ1v) is 11.0. The maximum absolute atomic E-state index is 14.5. The number of anilines is 3. The first kappa shape index (κ1) is 23.4. The van der Waals surface area contributed by atoms with Gasteiger partial charge in [-0.2, -0.15) is 4.39 Å². The average molecular weight is 483 g/mol. The number of piperidine rings is 1. The van der Waals surface area contributed by atoms with Gasteiger partial charge in [0.05, 0.1) is 12.2 Å². The molecule has 9 nitrogen and oxygen atoms in total.